The molecule has 0 aliphatic carbocycles. The summed E-state index contributed by atoms with van der Waals surface area (Å²) in [6.07, 6.45) is 1.69. The van der Waals surface area contributed by atoms with Gasteiger partial charge in [0.15, 0.2) is 11.5 Å². The van der Waals surface area contributed by atoms with Crippen LogP contribution in [-0.2, 0) is 7.05 Å². The van der Waals surface area contributed by atoms with Gasteiger partial charge in [-0.1, -0.05) is 6.07 Å². The predicted molar refractivity (Wildman–Crippen MR) is 98.0 cm³/mol. The summed E-state index contributed by atoms with van der Waals surface area (Å²) in [5, 5.41) is 7.32. The number of ether oxygens (including phenoxy) is 2. The molecule has 24 heavy (non-hydrogen) atoms. The van der Waals surface area contributed by atoms with E-state index in [0.29, 0.717) is 21.7 Å². The first kappa shape index (κ1) is 18.3. The van der Waals surface area contributed by atoms with Crippen LogP contribution >= 0.6 is 15.9 Å². The lowest BCUT2D eigenvalue weighted by atomic mass is 10.1. The molecule has 1 aromatic heterocycles. The molecule has 7 heteroatoms. The molecule has 0 spiro atoms. The third-order valence-corrected chi connectivity index (χ3v) is 4.27. The van der Waals surface area contributed by atoms with E-state index in [-0.39, 0.29) is 17.7 Å². The number of anilines is 1. The number of benzene rings is 1. The molecule has 0 radical (unpaired) electrons. The molecule has 2 rings (SSSR count). The zero-order valence-electron chi connectivity index (χ0n) is 14.5. The summed E-state index contributed by atoms with van der Waals surface area (Å²) >= 11 is 3.32. The third kappa shape index (κ3) is 4.08. The Hall–Kier alpha value is -2.02. The second kappa shape index (κ2) is 7.70. The van der Waals surface area contributed by atoms with E-state index < -0.39 is 0 Å². The van der Waals surface area contributed by atoms with Gasteiger partial charge in [-0.05, 0) is 54.4 Å². The number of nitrogens with one attached hydrogen (secondary N) is 1. The van der Waals surface area contributed by atoms with Crippen LogP contribution in [0.5, 0.6) is 11.5 Å². The van der Waals surface area contributed by atoms with E-state index in [1.165, 1.54) is 4.68 Å². The highest BCUT2D eigenvalue weighted by Gasteiger charge is 2.14. The Morgan fingerprint density at radius 3 is 2.58 bits per heavy atom. The Kier molecular flexibility index (Phi) is 5.88. The number of aromatic nitrogens is 2. The Morgan fingerprint density at radius 1 is 1.25 bits per heavy atom. The molecule has 6 nitrogen and oxygen atoms in total. The molecule has 130 valence electrons. The van der Waals surface area contributed by atoms with Crippen molar-refractivity contribution >= 4 is 21.6 Å². The first-order valence-corrected chi connectivity index (χ1v) is 8.45. The largest absolute Gasteiger partial charge is 0.493 e. The van der Waals surface area contributed by atoms with Crippen LogP contribution in [0.2, 0.25) is 0 Å². The number of nitrogens with zero attached hydrogens (tertiary/aromatic N) is 2. The summed E-state index contributed by atoms with van der Waals surface area (Å²) in [5.41, 5.74) is 1.47. The molecule has 0 fully saturated rings. The summed E-state index contributed by atoms with van der Waals surface area (Å²) in [5.74, 6) is 1.39. The van der Waals surface area contributed by atoms with E-state index >= 15 is 0 Å². The molecular formula is C17H22BrN3O3. The van der Waals surface area contributed by atoms with E-state index in [1.54, 1.807) is 20.4 Å². The Labute approximate surface area is 149 Å². The van der Waals surface area contributed by atoms with Crippen LogP contribution in [-0.4, -0.2) is 23.0 Å². The lowest BCUT2D eigenvalue weighted by Crippen LogP contribution is -2.22. The van der Waals surface area contributed by atoms with Crippen molar-refractivity contribution in [1.29, 1.82) is 0 Å². The minimum atomic E-state index is -0.189. The molecule has 1 N–H and O–H groups in total. The fourth-order valence-electron chi connectivity index (χ4n) is 2.23. The van der Waals surface area contributed by atoms with Gasteiger partial charge in [-0.15, -0.1) is 0 Å². The van der Waals surface area contributed by atoms with Crippen molar-refractivity contribution in [3.05, 3.63) is 44.8 Å². The van der Waals surface area contributed by atoms with Gasteiger partial charge in [-0.2, -0.15) is 5.10 Å². The lowest BCUT2D eigenvalue weighted by Gasteiger charge is -2.19. The quantitative estimate of drug-likeness (QED) is 0.810. The first-order chi connectivity index (χ1) is 11.3. The molecule has 0 saturated heterocycles. The highest BCUT2D eigenvalue weighted by atomic mass is 79.9. The smallest absolute Gasteiger partial charge is 0.282 e. The van der Waals surface area contributed by atoms with Crippen LogP contribution in [0.3, 0.4) is 0 Å². The predicted octanol–water partition coefficient (Wildman–Crippen LogP) is 3.51. The third-order valence-electron chi connectivity index (χ3n) is 3.50. The summed E-state index contributed by atoms with van der Waals surface area (Å²) in [7, 11) is 3.23. The second-order valence-corrected chi connectivity index (χ2v) is 6.54. The van der Waals surface area contributed by atoms with Crippen LogP contribution in [0, 0.1) is 0 Å². The van der Waals surface area contributed by atoms with Crippen LogP contribution in [0.15, 0.2) is 33.7 Å². The molecular weight excluding hydrogens is 374 g/mol. The van der Waals surface area contributed by atoms with Gasteiger partial charge in [0.1, 0.15) is 4.47 Å². The zero-order valence-corrected chi connectivity index (χ0v) is 16.0. The molecule has 0 bridgehead atoms. The molecule has 2 aromatic rings. The molecule has 0 amide bonds. The normalized spacial score (nSPS) is 12.1. The number of hydrogen-bond donors (Lipinski definition) is 1. The summed E-state index contributed by atoms with van der Waals surface area (Å²) in [4.78, 5) is 11.9. The van der Waals surface area contributed by atoms with Gasteiger partial charge in [0.2, 0.25) is 0 Å². The van der Waals surface area contributed by atoms with Crippen molar-refractivity contribution in [2.24, 2.45) is 7.05 Å². The molecule has 0 aliphatic heterocycles. The fraction of sp³-hybridized carbons (Fsp3) is 0.412. The monoisotopic (exact) mass is 395 g/mol. The highest BCUT2D eigenvalue weighted by Crippen LogP contribution is 2.32. The van der Waals surface area contributed by atoms with Crippen LogP contribution in [0.25, 0.3) is 0 Å². The van der Waals surface area contributed by atoms with Crippen LogP contribution in [0.1, 0.15) is 32.4 Å². The van der Waals surface area contributed by atoms with Crippen LogP contribution in [0.4, 0.5) is 5.69 Å². The van der Waals surface area contributed by atoms with Crippen molar-refractivity contribution in [3.63, 3.8) is 0 Å². The highest BCUT2D eigenvalue weighted by molar-refractivity contribution is 9.10. The van der Waals surface area contributed by atoms with Gasteiger partial charge in [0, 0.05) is 13.1 Å². The van der Waals surface area contributed by atoms with Crippen molar-refractivity contribution in [2.75, 3.05) is 12.4 Å². The van der Waals surface area contributed by atoms with Gasteiger partial charge in [0.05, 0.1) is 25.1 Å². The average Bonchev–Trinajstić information content (AvgIpc) is 2.55. The summed E-state index contributed by atoms with van der Waals surface area (Å²) in [6.45, 7) is 5.94. The maximum Gasteiger partial charge on any atom is 0.282 e. The topological polar surface area (TPSA) is 65.4 Å². The molecule has 0 aliphatic rings. The number of aryl methyl sites for hydroxylation is 1. The molecule has 0 saturated carbocycles. The standard InChI is InChI=1S/C17H22BrN3O3/c1-10(2)24-14-7-6-12(8-15(14)23-5)11(3)20-13-9-19-21(4)17(22)16(13)18/h6-11,20H,1-5H3. The van der Waals surface area contributed by atoms with Crippen LogP contribution < -0.4 is 20.3 Å². The van der Waals surface area contributed by atoms with E-state index in [4.69, 9.17) is 9.47 Å². The number of methoxy groups -OCH3 is 1. The fourth-order valence-corrected chi connectivity index (χ4v) is 2.71. The lowest BCUT2D eigenvalue weighted by molar-refractivity contribution is 0.230. The summed E-state index contributed by atoms with van der Waals surface area (Å²) < 4.78 is 12.9. The Bertz CT molecular complexity index is 774. The Balaban J connectivity index is 2.25. The SMILES string of the molecule is COc1cc(C(C)Nc2cnn(C)c(=O)c2Br)ccc1OC(C)C. The average molecular weight is 396 g/mol. The van der Waals surface area contributed by atoms with E-state index in [2.05, 4.69) is 26.3 Å². The maximum absolute atomic E-state index is 11.9. The molecule has 1 unspecified atom stereocenters. The number of halogens is 1. The van der Waals surface area contributed by atoms with Gasteiger partial charge >= 0.3 is 0 Å². The molecule has 1 heterocycles. The Morgan fingerprint density at radius 2 is 1.96 bits per heavy atom. The summed E-state index contributed by atoms with van der Waals surface area (Å²) in [6, 6.07) is 5.75. The van der Waals surface area contributed by atoms with Gasteiger partial charge < -0.3 is 14.8 Å². The zero-order chi connectivity index (χ0) is 17.9. The molecule has 1 atom stereocenters. The number of rotatable bonds is 6. The van der Waals surface area contributed by atoms with Crippen molar-refractivity contribution in [3.8, 4) is 11.5 Å². The van der Waals surface area contributed by atoms with E-state index in [9.17, 15) is 4.79 Å². The van der Waals surface area contributed by atoms with Crippen molar-refractivity contribution in [1.82, 2.24) is 9.78 Å². The minimum absolute atomic E-state index is 0.0443. The molecule has 1 aromatic carbocycles. The van der Waals surface area contributed by atoms with Crippen molar-refractivity contribution < 1.29 is 9.47 Å². The maximum atomic E-state index is 11.9. The second-order valence-electron chi connectivity index (χ2n) is 5.74. The van der Waals surface area contributed by atoms with Gasteiger partial charge in [-0.3, -0.25) is 4.79 Å². The van der Waals surface area contributed by atoms with E-state index in [1.807, 2.05) is 39.0 Å². The number of hydrogen-bond acceptors (Lipinski definition) is 5. The van der Waals surface area contributed by atoms with Crippen molar-refractivity contribution in [2.45, 2.75) is 32.9 Å². The van der Waals surface area contributed by atoms with Gasteiger partial charge in [0.25, 0.3) is 5.56 Å². The van der Waals surface area contributed by atoms with Gasteiger partial charge in [-0.25, -0.2) is 4.68 Å². The minimum Gasteiger partial charge on any atom is -0.493 e. The first-order valence-electron chi connectivity index (χ1n) is 7.66. The van der Waals surface area contributed by atoms with E-state index in [0.717, 1.165) is 5.56 Å².